The molecule has 1 aliphatic heterocycles. The molecule has 33 heavy (non-hydrogen) atoms. The Balaban J connectivity index is 1.40. The molecule has 0 unspecified atom stereocenters. The fourth-order valence-corrected chi connectivity index (χ4v) is 5.46. The molecule has 2 heterocycles. The molecule has 0 aliphatic carbocycles. The number of carbonyl (C=O) groups excluding carboxylic acids is 1. The van der Waals surface area contributed by atoms with Crippen LogP contribution in [0.4, 0.5) is 10.8 Å². The molecule has 1 amide bonds. The molecule has 0 bridgehead atoms. The molecule has 9 heteroatoms. The van der Waals surface area contributed by atoms with E-state index in [9.17, 15) is 13.2 Å². The largest absolute Gasteiger partial charge is 0.487 e. The van der Waals surface area contributed by atoms with Gasteiger partial charge in [-0.05, 0) is 43.3 Å². The summed E-state index contributed by atoms with van der Waals surface area (Å²) in [6.45, 7) is 2.26. The van der Waals surface area contributed by atoms with Crippen LogP contribution in [0.3, 0.4) is 0 Å². The number of aryl methyl sites for hydroxylation is 1. The van der Waals surface area contributed by atoms with Gasteiger partial charge in [0.05, 0.1) is 26.7 Å². The van der Waals surface area contributed by atoms with Crippen LogP contribution in [0.25, 0.3) is 11.3 Å². The van der Waals surface area contributed by atoms with Crippen LogP contribution in [0, 0.1) is 6.92 Å². The Bertz CT molecular complexity index is 1460. The third kappa shape index (κ3) is 4.20. The van der Waals surface area contributed by atoms with Crippen LogP contribution in [-0.2, 0) is 16.6 Å². The monoisotopic (exact) mass is 477 g/mol. The molecular weight excluding hydrogens is 458 g/mol. The number of hydrogen-bond acceptors (Lipinski definition) is 6. The average molecular weight is 478 g/mol. The molecule has 4 aromatic rings. The van der Waals surface area contributed by atoms with Gasteiger partial charge in [-0.15, -0.1) is 0 Å². The minimum absolute atomic E-state index is 0.120. The van der Waals surface area contributed by atoms with E-state index in [2.05, 4.69) is 15.0 Å². The second-order valence-electron chi connectivity index (χ2n) is 7.49. The summed E-state index contributed by atoms with van der Waals surface area (Å²) in [6.07, 6.45) is 0. The third-order valence-corrected chi connectivity index (χ3v) is 7.49. The number of rotatable bonds is 5. The maximum Gasteiger partial charge on any atom is 0.261 e. The van der Waals surface area contributed by atoms with E-state index in [1.807, 2.05) is 31.2 Å². The number of para-hydroxylation sites is 2. The van der Waals surface area contributed by atoms with Gasteiger partial charge in [-0.3, -0.25) is 14.8 Å². The minimum Gasteiger partial charge on any atom is -0.487 e. The highest BCUT2D eigenvalue weighted by Crippen LogP contribution is 2.40. The highest BCUT2D eigenvalue weighted by molar-refractivity contribution is 7.92. The molecule has 0 saturated heterocycles. The average Bonchev–Trinajstić information content (AvgIpc) is 3.22. The number of nitrogens with one attached hydrogen (secondary N) is 2. The van der Waals surface area contributed by atoms with Crippen molar-refractivity contribution in [3.8, 4) is 17.0 Å². The van der Waals surface area contributed by atoms with E-state index >= 15 is 0 Å². The van der Waals surface area contributed by atoms with E-state index in [-0.39, 0.29) is 16.1 Å². The Labute approximate surface area is 195 Å². The molecule has 1 aromatic heterocycles. The summed E-state index contributed by atoms with van der Waals surface area (Å²) in [6, 6.07) is 20.6. The first-order valence-corrected chi connectivity index (χ1v) is 12.4. The standard InChI is InChI=1S/C24H19N3O4S2/c1-15-10-12-16(13-11-15)33(29,30)27-19-8-4-2-6-17(19)23(28)26-24-25-22-18-7-3-5-9-20(18)31-14-21(22)32-24/h2-13,27H,14H2,1H3,(H,25,26,28). The second kappa shape index (κ2) is 8.34. The van der Waals surface area contributed by atoms with Gasteiger partial charge < -0.3 is 4.74 Å². The second-order valence-corrected chi connectivity index (χ2v) is 10.3. The number of anilines is 2. The zero-order chi connectivity index (χ0) is 23.0. The number of aromatic nitrogens is 1. The molecule has 0 atom stereocenters. The number of hydrogen-bond donors (Lipinski definition) is 2. The summed E-state index contributed by atoms with van der Waals surface area (Å²) >= 11 is 1.33. The summed E-state index contributed by atoms with van der Waals surface area (Å²) in [5.41, 5.74) is 2.99. The van der Waals surface area contributed by atoms with Crippen LogP contribution >= 0.6 is 11.3 Å². The van der Waals surface area contributed by atoms with Gasteiger partial charge in [0.15, 0.2) is 5.13 Å². The predicted molar refractivity (Wildman–Crippen MR) is 128 cm³/mol. The van der Waals surface area contributed by atoms with E-state index in [0.717, 1.165) is 27.4 Å². The van der Waals surface area contributed by atoms with Gasteiger partial charge in [0.25, 0.3) is 15.9 Å². The Morgan fingerprint density at radius 3 is 2.55 bits per heavy atom. The van der Waals surface area contributed by atoms with Crippen molar-refractivity contribution in [1.29, 1.82) is 0 Å². The molecule has 3 aromatic carbocycles. The zero-order valence-electron chi connectivity index (χ0n) is 17.5. The smallest absolute Gasteiger partial charge is 0.261 e. The highest BCUT2D eigenvalue weighted by atomic mass is 32.2. The summed E-state index contributed by atoms with van der Waals surface area (Å²) in [5, 5.41) is 3.22. The van der Waals surface area contributed by atoms with Crippen molar-refractivity contribution in [3.63, 3.8) is 0 Å². The van der Waals surface area contributed by atoms with Crippen molar-refractivity contribution in [2.45, 2.75) is 18.4 Å². The number of fused-ring (bicyclic) bond motifs is 3. The topological polar surface area (TPSA) is 97.4 Å². The Morgan fingerprint density at radius 1 is 1.00 bits per heavy atom. The maximum atomic E-state index is 13.0. The predicted octanol–water partition coefficient (Wildman–Crippen LogP) is 5.06. The zero-order valence-corrected chi connectivity index (χ0v) is 19.2. The number of benzene rings is 3. The van der Waals surface area contributed by atoms with Crippen molar-refractivity contribution in [2.75, 3.05) is 10.0 Å². The van der Waals surface area contributed by atoms with E-state index in [0.29, 0.717) is 11.7 Å². The normalized spacial score (nSPS) is 12.3. The number of carbonyl (C=O) groups is 1. The van der Waals surface area contributed by atoms with Gasteiger partial charge in [0.1, 0.15) is 12.4 Å². The van der Waals surface area contributed by atoms with Crippen molar-refractivity contribution in [3.05, 3.63) is 88.8 Å². The van der Waals surface area contributed by atoms with Gasteiger partial charge in [-0.1, -0.05) is 53.3 Å². The molecule has 0 radical (unpaired) electrons. The van der Waals surface area contributed by atoms with Gasteiger partial charge >= 0.3 is 0 Å². The lowest BCUT2D eigenvalue weighted by molar-refractivity contribution is 0.102. The maximum absolute atomic E-state index is 13.0. The van der Waals surface area contributed by atoms with Gasteiger partial charge in [-0.25, -0.2) is 13.4 Å². The van der Waals surface area contributed by atoms with E-state index in [4.69, 9.17) is 4.74 Å². The van der Waals surface area contributed by atoms with Gasteiger partial charge in [0, 0.05) is 5.56 Å². The molecule has 5 rings (SSSR count). The molecule has 2 N–H and O–H groups in total. The molecular formula is C24H19N3O4S2. The minimum atomic E-state index is -3.85. The Kier molecular flexibility index (Phi) is 5.35. The number of thiazole rings is 1. The Hall–Kier alpha value is -3.69. The number of ether oxygens (including phenoxy) is 1. The first kappa shape index (κ1) is 21.2. The van der Waals surface area contributed by atoms with Crippen LogP contribution in [0.1, 0.15) is 20.8 Å². The Morgan fingerprint density at radius 2 is 1.73 bits per heavy atom. The van der Waals surface area contributed by atoms with E-state index < -0.39 is 15.9 Å². The molecule has 7 nitrogen and oxygen atoms in total. The number of nitrogens with zero attached hydrogens (tertiary/aromatic N) is 1. The lowest BCUT2D eigenvalue weighted by Gasteiger charge is -2.15. The van der Waals surface area contributed by atoms with Gasteiger partial charge in [-0.2, -0.15) is 0 Å². The fourth-order valence-electron chi connectivity index (χ4n) is 3.50. The van der Waals surface area contributed by atoms with Crippen LogP contribution in [0.2, 0.25) is 0 Å². The first-order valence-electron chi connectivity index (χ1n) is 10.1. The van der Waals surface area contributed by atoms with E-state index in [1.54, 1.807) is 36.4 Å². The lowest BCUT2D eigenvalue weighted by Crippen LogP contribution is -2.18. The van der Waals surface area contributed by atoms with E-state index in [1.165, 1.54) is 23.5 Å². The van der Waals surface area contributed by atoms with Crippen LogP contribution in [0.5, 0.6) is 5.75 Å². The van der Waals surface area contributed by atoms with Crippen molar-refractivity contribution >= 4 is 38.1 Å². The van der Waals surface area contributed by atoms with Crippen molar-refractivity contribution in [1.82, 2.24) is 4.98 Å². The third-order valence-electron chi connectivity index (χ3n) is 5.17. The van der Waals surface area contributed by atoms with Crippen LogP contribution in [-0.4, -0.2) is 19.3 Å². The fraction of sp³-hybridized carbons (Fsp3) is 0.0833. The summed E-state index contributed by atoms with van der Waals surface area (Å²) in [4.78, 5) is 18.7. The highest BCUT2D eigenvalue weighted by Gasteiger charge is 2.24. The molecule has 1 aliphatic rings. The molecule has 0 spiro atoms. The molecule has 166 valence electrons. The lowest BCUT2D eigenvalue weighted by atomic mass is 10.1. The molecule has 0 saturated carbocycles. The number of sulfonamides is 1. The van der Waals surface area contributed by atoms with Crippen LogP contribution < -0.4 is 14.8 Å². The van der Waals surface area contributed by atoms with Crippen molar-refractivity contribution < 1.29 is 17.9 Å². The molecule has 0 fully saturated rings. The number of amides is 1. The first-order chi connectivity index (χ1) is 15.9. The van der Waals surface area contributed by atoms with Crippen molar-refractivity contribution in [2.24, 2.45) is 0 Å². The summed E-state index contributed by atoms with van der Waals surface area (Å²) in [5.74, 6) is 0.293. The summed E-state index contributed by atoms with van der Waals surface area (Å²) in [7, 11) is -3.85. The van der Waals surface area contributed by atoms with Gasteiger partial charge in [0.2, 0.25) is 0 Å². The summed E-state index contributed by atoms with van der Waals surface area (Å²) < 4.78 is 33.9. The quantitative estimate of drug-likeness (QED) is 0.419. The van der Waals surface area contributed by atoms with Crippen LogP contribution in [0.15, 0.2) is 77.7 Å². The SMILES string of the molecule is Cc1ccc(S(=O)(=O)Nc2ccccc2C(=O)Nc2nc3c(s2)COc2ccccc2-3)cc1.